The summed E-state index contributed by atoms with van der Waals surface area (Å²) in [6, 6.07) is 6.69. The molecule has 1 heterocycles. The first-order valence-electron chi connectivity index (χ1n) is 11.8. The lowest BCUT2D eigenvalue weighted by molar-refractivity contribution is -0.204. The van der Waals surface area contributed by atoms with E-state index in [-0.39, 0.29) is 5.54 Å². The van der Waals surface area contributed by atoms with Crippen molar-refractivity contribution in [1.29, 1.82) is 0 Å². The van der Waals surface area contributed by atoms with Crippen LogP contribution in [-0.4, -0.2) is 46.7 Å². The molecule has 5 aliphatic rings. The predicted octanol–water partition coefficient (Wildman–Crippen LogP) is 4.64. The van der Waals surface area contributed by atoms with Gasteiger partial charge in [-0.25, -0.2) is 4.79 Å². The van der Waals surface area contributed by atoms with Crippen LogP contribution in [0, 0.1) is 10.8 Å². The summed E-state index contributed by atoms with van der Waals surface area (Å²) in [5, 5.41) is 22.2. The number of carboxylic acid groups (broad SMARTS) is 1. The van der Waals surface area contributed by atoms with Crippen molar-refractivity contribution in [1.82, 2.24) is 5.32 Å². The number of carboxylic acids is 1. The van der Waals surface area contributed by atoms with E-state index in [2.05, 4.69) is 37.4 Å². The van der Waals surface area contributed by atoms with Gasteiger partial charge in [0.2, 0.25) is 0 Å². The summed E-state index contributed by atoms with van der Waals surface area (Å²) >= 11 is 0. The normalized spacial score (nSPS) is 36.1. The summed E-state index contributed by atoms with van der Waals surface area (Å²) in [7, 11) is 0. The van der Waals surface area contributed by atoms with Gasteiger partial charge in [-0.05, 0) is 85.9 Å². The number of halogens is 3. The number of fused-ring (bicyclic) bond motifs is 1. The number of benzene rings is 1. The highest BCUT2D eigenvalue weighted by Crippen LogP contribution is 2.67. The van der Waals surface area contributed by atoms with Crippen LogP contribution in [0.15, 0.2) is 18.2 Å². The fourth-order valence-electron chi connectivity index (χ4n) is 7.86. The number of rotatable bonds is 5. The minimum Gasteiger partial charge on any atom is -0.493 e. The van der Waals surface area contributed by atoms with Crippen molar-refractivity contribution >= 4 is 5.97 Å². The standard InChI is InChI=1S/C23H33NO2.C2HF3O2/c1-20-11-21(2)13-22(12-20,16-23(25,14-20)15-21)24-8-3-4-17-5-6-19-18(10-17)7-9-26-19;3-2(4,5)1(6)7/h5-6,10,24-25H,3-4,7-9,11-16H2,1-2H3;(H,6,7). The molecule has 0 saturated heterocycles. The van der Waals surface area contributed by atoms with Gasteiger partial charge in [0.1, 0.15) is 5.75 Å². The number of aliphatic hydroxyl groups is 1. The van der Waals surface area contributed by atoms with Crippen LogP contribution in [0.2, 0.25) is 0 Å². The summed E-state index contributed by atoms with van der Waals surface area (Å²) < 4.78 is 37.3. The Balaban J connectivity index is 0.000000325. The number of alkyl halides is 3. The van der Waals surface area contributed by atoms with Crippen LogP contribution in [0.1, 0.15) is 69.9 Å². The Morgan fingerprint density at radius 1 is 1.09 bits per heavy atom. The molecule has 0 radical (unpaired) electrons. The average Bonchev–Trinajstić information content (AvgIpc) is 3.09. The third kappa shape index (κ3) is 5.32. The molecule has 1 aromatic carbocycles. The molecule has 6 rings (SSSR count). The topological polar surface area (TPSA) is 78.8 Å². The SMILES string of the molecule is CC12CC3(C)CC(O)(C1)CC(NCCCc1ccc4c(c1)CCO4)(C2)C3.O=C(O)C(F)(F)F. The van der Waals surface area contributed by atoms with Crippen LogP contribution in [0.4, 0.5) is 13.2 Å². The Bertz CT molecular complexity index is 862. The third-order valence-electron chi connectivity index (χ3n) is 7.70. The van der Waals surface area contributed by atoms with Crippen molar-refractivity contribution in [3.05, 3.63) is 29.3 Å². The molecule has 8 heteroatoms. The van der Waals surface area contributed by atoms with E-state index in [4.69, 9.17) is 14.6 Å². The van der Waals surface area contributed by atoms with Gasteiger partial charge in [0, 0.05) is 12.0 Å². The lowest BCUT2D eigenvalue weighted by Crippen LogP contribution is -2.69. The van der Waals surface area contributed by atoms with Gasteiger partial charge in [-0.2, -0.15) is 13.2 Å². The zero-order chi connectivity index (χ0) is 24.1. The Morgan fingerprint density at radius 3 is 2.30 bits per heavy atom. The molecule has 3 N–H and O–H groups in total. The smallest absolute Gasteiger partial charge is 0.490 e. The summed E-state index contributed by atoms with van der Waals surface area (Å²) in [5.74, 6) is -1.68. The zero-order valence-electron chi connectivity index (χ0n) is 19.4. The lowest BCUT2D eigenvalue weighted by atomic mass is 9.41. The van der Waals surface area contributed by atoms with Crippen molar-refractivity contribution in [3.63, 3.8) is 0 Å². The average molecular weight is 470 g/mol. The highest BCUT2D eigenvalue weighted by Gasteiger charge is 2.65. The first kappa shape index (κ1) is 24.3. The number of aryl methyl sites for hydroxylation is 1. The zero-order valence-corrected chi connectivity index (χ0v) is 19.4. The predicted molar refractivity (Wildman–Crippen MR) is 117 cm³/mol. The number of hydrogen-bond acceptors (Lipinski definition) is 4. The highest BCUT2D eigenvalue weighted by atomic mass is 19.4. The van der Waals surface area contributed by atoms with E-state index < -0.39 is 17.7 Å². The van der Waals surface area contributed by atoms with E-state index in [1.54, 1.807) is 0 Å². The number of hydrogen-bond donors (Lipinski definition) is 3. The van der Waals surface area contributed by atoms with Crippen LogP contribution >= 0.6 is 0 Å². The largest absolute Gasteiger partial charge is 0.493 e. The Labute approximate surface area is 192 Å². The van der Waals surface area contributed by atoms with Gasteiger partial charge in [0.25, 0.3) is 0 Å². The minimum absolute atomic E-state index is 0.165. The Kier molecular flexibility index (Phi) is 6.01. The van der Waals surface area contributed by atoms with Crippen LogP contribution < -0.4 is 10.1 Å². The first-order valence-corrected chi connectivity index (χ1v) is 11.8. The molecule has 4 fully saturated rings. The summed E-state index contributed by atoms with van der Waals surface area (Å²) in [6.07, 6.45) is 5.02. The van der Waals surface area contributed by atoms with Gasteiger partial charge < -0.3 is 20.3 Å². The maximum atomic E-state index is 11.2. The molecule has 1 aliphatic heterocycles. The highest BCUT2D eigenvalue weighted by molar-refractivity contribution is 5.73. The number of nitrogens with one attached hydrogen (secondary N) is 1. The second kappa shape index (κ2) is 8.15. The van der Waals surface area contributed by atoms with E-state index in [0.717, 1.165) is 57.4 Å². The van der Waals surface area contributed by atoms with Crippen molar-refractivity contribution in [2.75, 3.05) is 13.2 Å². The molecule has 0 amide bonds. The van der Waals surface area contributed by atoms with Gasteiger partial charge in [0.05, 0.1) is 12.2 Å². The molecule has 2 unspecified atom stereocenters. The maximum Gasteiger partial charge on any atom is 0.490 e. The molecule has 0 aromatic heterocycles. The van der Waals surface area contributed by atoms with Crippen LogP contribution in [0.5, 0.6) is 5.75 Å². The second-order valence-electron chi connectivity index (χ2n) is 11.6. The second-order valence-corrected chi connectivity index (χ2v) is 11.6. The van der Waals surface area contributed by atoms with E-state index in [1.165, 1.54) is 30.4 Å². The lowest BCUT2D eigenvalue weighted by Gasteiger charge is -2.68. The summed E-state index contributed by atoms with van der Waals surface area (Å²) in [6.45, 7) is 6.71. The van der Waals surface area contributed by atoms with Gasteiger partial charge in [-0.15, -0.1) is 0 Å². The molecular formula is C25H34F3NO4. The summed E-state index contributed by atoms with van der Waals surface area (Å²) in [4.78, 5) is 8.90. The van der Waals surface area contributed by atoms with E-state index in [0.29, 0.717) is 10.8 Å². The molecule has 2 atom stereocenters. The molecular weight excluding hydrogens is 435 g/mol. The van der Waals surface area contributed by atoms with E-state index in [9.17, 15) is 18.3 Å². The van der Waals surface area contributed by atoms with Crippen molar-refractivity contribution in [3.8, 4) is 5.75 Å². The molecule has 33 heavy (non-hydrogen) atoms. The van der Waals surface area contributed by atoms with Crippen molar-refractivity contribution in [2.45, 2.75) is 89.0 Å². The Morgan fingerprint density at radius 2 is 1.73 bits per heavy atom. The summed E-state index contributed by atoms with van der Waals surface area (Å²) in [5.41, 5.74) is 3.19. The van der Waals surface area contributed by atoms with E-state index >= 15 is 0 Å². The molecule has 4 saturated carbocycles. The van der Waals surface area contributed by atoms with Gasteiger partial charge in [-0.1, -0.05) is 26.0 Å². The van der Waals surface area contributed by atoms with Crippen molar-refractivity contribution in [2.24, 2.45) is 10.8 Å². The molecule has 4 aliphatic carbocycles. The number of aliphatic carboxylic acids is 1. The molecule has 184 valence electrons. The molecule has 4 bridgehead atoms. The van der Waals surface area contributed by atoms with Crippen molar-refractivity contribution < 1.29 is 32.9 Å². The quantitative estimate of drug-likeness (QED) is 0.548. The van der Waals surface area contributed by atoms with Crippen LogP contribution in [0.3, 0.4) is 0 Å². The monoisotopic (exact) mass is 469 g/mol. The first-order chi connectivity index (χ1) is 15.2. The number of carbonyl (C=O) groups is 1. The fraction of sp³-hybridized carbons (Fsp3) is 0.720. The van der Waals surface area contributed by atoms with Crippen LogP contribution in [-0.2, 0) is 17.6 Å². The maximum absolute atomic E-state index is 11.2. The third-order valence-corrected chi connectivity index (χ3v) is 7.70. The van der Waals surface area contributed by atoms with Gasteiger partial charge in [0.15, 0.2) is 0 Å². The number of ether oxygens (including phenoxy) is 1. The van der Waals surface area contributed by atoms with Crippen LogP contribution in [0.25, 0.3) is 0 Å². The fourth-order valence-corrected chi connectivity index (χ4v) is 7.86. The molecule has 5 nitrogen and oxygen atoms in total. The van der Waals surface area contributed by atoms with Gasteiger partial charge in [-0.3, -0.25) is 0 Å². The van der Waals surface area contributed by atoms with E-state index in [1.807, 2.05) is 0 Å². The molecule has 1 aromatic rings. The molecule has 0 spiro atoms. The van der Waals surface area contributed by atoms with Gasteiger partial charge >= 0.3 is 12.1 Å². The minimum atomic E-state index is -5.08. The Hall–Kier alpha value is -1.80.